The highest BCUT2D eigenvalue weighted by Crippen LogP contribution is 2.18. The Morgan fingerprint density at radius 2 is 2.19 bits per heavy atom. The molecule has 4 heteroatoms. The lowest BCUT2D eigenvalue weighted by Crippen LogP contribution is -2.50. The van der Waals surface area contributed by atoms with Crippen LogP contribution >= 0.6 is 0 Å². The summed E-state index contributed by atoms with van der Waals surface area (Å²) in [6, 6.07) is -0.101. The van der Waals surface area contributed by atoms with Crippen LogP contribution < -0.4 is 5.32 Å². The third-order valence-electron chi connectivity index (χ3n) is 3.00. The Morgan fingerprint density at radius 3 is 2.62 bits per heavy atom. The fourth-order valence-corrected chi connectivity index (χ4v) is 2.00. The molecule has 2 atom stereocenters. The van der Waals surface area contributed by atoms with Crippen LogP contribution in [0.1, 0.15) is 34.1 Å². The summed E-state index contributed by atoms with van der Waals surface area (Å²) in [6.07, 6.45) is 0.990. The molecule has 1 fully saturated rings. The summed E-state index contributed by atoms with van der Waals surface area (Å²) in [5.41, 5.74) is -0.179. The Bertz CT molecular complexity index is 248. The van der Waals surface area contributed by atoms with E-state index < -0.39 is 0 Å². The first-order valence-corrected chi connectivity index (χ1v) is 6.00. The van der Waals surface area contributed by atoms with Gasteiger partial charge in [-0.05, 0) is 46.6 Å². The van der Waals surface area contributed by atoms with Crippen molar-refractivity contribution < 1.29 is 9.90 Å². The van der Waals surface area contributed by atoms with Gasteiger partial charge < -0.3 is 10.4 Å². The highest BCUT2D eigenvalue weighted by molar-refractivity contribution is 5.81. The van der Waals surface area contributed by atoms with E-state index in [1.807, 2.05) is 27.7 Å². The smallest absolute Gasteiger partial charge is 0.237 e. The van der Waals surface area contributed by atoms with Crippen LogP contribution in [0.25, 0.3) is 0 Å². The Hall–Kier alpha value is -0.610. The number of amides is 1. The van der Waals surface area contributed by atoms with Crippen molar-refractivity contribution in [2.45, 2.75) is 45.7 Å². The van der Waals surface area contributed by atoms with E-state index in [1.54, 1.807) is 0 Å². The maximum atomic E-state index is 11.9. The van der Waals surface area contributed by atoms with Crippen molar-refractivity contribution in [2.24, 2.45) is 5.92 Å². The molecule has 0 aliphatic carbocycles. The number of nitrogens with zero attached hydrogens (tertiary/aromatic N) is 1. The lowest BCUT2D eigenvalue weighted by molar-refractivity contribution is -0.127. The van der Waals surface area contributed by atoms with Crippen molar-refractivity contribution in [3.05, 3.63) is 0 Å². The Balaban J connectivity index is 2.46. The van der Waals surface area contributed by atoms with Crippen molar-refractivity contribution in [1.29, 1.82) is 0 Å². The van der Waals surface area contributed by atoms with Gasteiger partial charge in [-0.3, -0.25) is 9.69 Å². The quantitative estimate of drug-likeness (QED) is 0.744. The minimum atomic E-state index is -0.179. The average molecular weight is 228 g/mol. The van der Waals surface area contributed by atoms with E-state index in [0.717, 1.165) is 19.5 Å². The second kappa shape index (κ2) is 5.15. The largest absolute Gasteiger partial charge is 0.396 e. The molecule has 1 heterocycles. The fraction of sp³-hybridized carbons (Fsp3) is 0.917. The lowest BCUT2D eigenvalue weighted by atomic mass is 10.1. The molecular weight excluding hydrogens is 204 g/mol. The predicted octanol–water partition coefficient (Wildman–Crippen LogP) is 0.604. The SMILES string of the molecule is CC(C(=O)NC(C)(C)C)N1CCC(CO)C1. The Labute approximate surface area is 98.0 Å². The molecule has 0 bridgehead atoms. The number of aliphatic hydroxyl groups excluding tert-OH is 1. The third-order valence-corrected chi connectivity index (χ3v) is 3.00. The van der Waals surface area contributed by atoms with Crippen LogP contribution in [-0.4, -0.2) is 47.2 Å². The van der Waals surface area contributed by atoms with Gasteiger partial charge in [-0.1, -0.05) is 0 Å². The zero-order valence-electron chi connectivity index (χ0n) is 10.8. The number of carbonyl (C=O) groups excluding carboxylic acids is 1. The van der Waals surface area contributed by atoms with Gasteiger partial charge in [0.1, 0.15) is 0 Å². The molecule has 0 aromatic rings. The zero-order chi connectivity index (χ0) is 12.3. The number of hydrogen-bond donors (Lipinski definition) is 2. The second-order valence-electron chi connectivity index (χ2n) is 5.75. The summed E-state index contributed by atoms with van der Waals surface area (Å²) in [5.74, 6) is 0.413. The molecule has 1 rings (SSSR count). The third kappa shape index (κ3) is 3.76. The summed E-state index contributed by atoms with van der Waals surface area (Å²) in [6.45, 7) is 9.85. The first-order valence-electron chi connectivity index (χ1n) is 6.00. The topological polar surface area (TPSA) is 52.6 Å². The molecule has 94 valence electrons. The maximum absolute atomic E-state index is 11.9. The highest BCUT2D eigenvalue weighted by Gasteiger charge is 2.30. The molecule has 2 N–H and O–H groups in total. The minimum Gasteiger partial charge on any atom is -0.396 e. The molecule has 4 nitrogen and oxygen atoms in total. The van der Waals surface area contributed by atoms with Gasteiger partial charge in [0, 0.05) is 18.7 Å². The molecule has 0 aromatic heterocycles. The molecule has 1 saturated heterocycles. The van der Waals surface area contributed by atoms with Gasteiger partial charge in [-0.15, -0.1) is 0 Å². The van der Waals surface area contributed by atoms with Crippen LogP contribution in [0.3, 0.4) is 0 Å². The van der Waals surface area contributed by atoms with Crippen molar-refractivity contribution in [1.82, 2.24) is 10.2 Å². The van der Waals surface area contributed by atoms with E-state index in [2.05, 4.69) is 10.2 Å². The average Bonchev–Trinajstić information content (AvgIpc) is 2.61. The number of aliphatic hydroxyl groups is 1. The summed E-state index contributed by atoms with van der Waals surface area (Å²) in [5, 5.41) is 12.0. The van der Waals surface area contributed by atoms with Crippen molar-refractivity contribution in [2.75, 3.05) is 19.7 Å². The Morgan fingerprint density at radius 1 is 1.56 bits per heavy atom. The molecule has 0 spiro atoms. The predicted molar refractivity (Wildman–Crippen MR) is 64.1 cm³/mol. The van der Waals surface area contributed by atoms with Crippen LogP contribution in [0.5, 0.6) is 0 Å². The molecular formula is C12H24N2O2. The van der Waals surface area contributed by atoms with Gasteiger partial charge in [0.25, 0.3) is 0 Å². The van der Waals surface area contributed by atoms with Crippen LogP contribution in [0.2, 0.25) is 0 Å². The van der Waals surface area contributed by atoms with Crippen LogP contribution in [0, 0.1) is 5.92 Å². The van der Waals surface area contributed by atoms with E-state index in [-0.39, 0.29) is 24.1 Å². The normalized spacial score (nSPS) is 24.4. The van der Waals surface area contributed by atoms with Crippen LogP contribution in [0.4, 0.5) is 0 Å². The summed E-state index contributed by atoms with van der Waals surface area (Å²) >= 11 is 0. The highest BCUT2D eigenvalue weighted by atomic mass is 16.3. The summed E-state index contributed by atoms with van der Waals surface area (Å²) < 4.78 is 0. The molecule has 0 aromatic carbocycles. The second-order valence-corrected chi connectivity index (χ2v) is 5.75. The maximum Gasteiger partial charge on any atom is 0.237 e. The van der Waals surface area contributed by atoms with Gasteiger partial charge in [0.15, 0.2) is 0 Å². The van der Waals surface area contributed by atoms with E-state index in [4.69, 9.17) is 5.11 Å². The standard InChI is InChI=1S/C12H24N2O2/c1-9(11(16)13-12(2,3)4)14-6-5-10(7-14)8-15/h9-10,15H,5-8H2,1-4H3,(H,13,16). The number of carbonyl (C=O) groups is 1. The minimum absolute atomic E-state index is 0.0751. The molecule has 0 saturated carbocycles. The van der Waals surface area contributed by atoms with Gasteiger partial charge in [0.05, 0.1) is 6.04 Å². The molecule has 16 heavy (non-hydrogen) atoms. The van der Waals surface area contributed by atoms with Gasteiger partial charge >= 0.3 is 0 Å². The van der Waals surface area contributed by atoms with Gasteiger partial charge in [-0.25, -0.2) is 0 Å². The summed E-state index contributed by atoms with van der Waals surface area (Å²) in [7, 11) is 0. The van der Waals surface area contributed by atoms with Crippen molar-refractivity contribution in [3.8, 4) is 0 Å². The van der Waals surface area contributed by atoms with E-state index >= 15 is 0 Å². The summed E-state index contributed by atoms with van der Waals surface area (Å²) in [4.78, 5) is 14.1. The molecule has 1 amide bonds. The molecule has 1 aliphatic heterocycles. The zero-order valence-corrected chi connectivity index (χ0v) is 10.8. The van der Waals surface area contributed by atoms with E-state index in [9.17, 15) is 4.79 Å². The first-order chi connectivity index (χ1) is 7.33. The monoisotopic (exact) mass is 228 g/mol. The first kappa shape index (κ1) is 13.5. The fourth-order valence-electron chi connectivity index (χ4n) is 2.00. The number of likely N-dealkylation sites (tertiary alicyclic amines) is 1. The van der Waals surface area contributed by atoms with E-state index in [0.29, 0.717) is 5.92 Å². The molecule has 2 unspecified atom stereocenters. The van der Waals surface area contributed by atoms with E-state index in [1.165, 1.54) is 0 Å². The van der Waals surface area contributed by atoms with Crippen LogP contribution in [-0.2, 0) is 4.79 Å². The van der Waals surface area contributed by atoms with Gasteiger partial charge in [0.2, 0.25) is 5.91 Å². The molecule has 1 aliphatic rings. The molecule has 0 radical (unpaired) electrons. The number of hydrogen-bond acceptors (Lipinski definition) is 3. The van der Waals surface area contributed by atoms with Gasteiger partial charge in [-0.2, -0.15) is 0 Å². The number of nitrogens with one attached hydrogen (secondary N) is 1. The van der Waals surface area contributed by atoms with Crippen molar-refractivity contribution >= 4 is 5.91 Å². The number of rotatable bonds is 3. The lowest BCUT2D eigenvalue weighted by Gasteiger charge is -2.28. The Kier molecular flexibility index (Phi) is 4.33. The van der Waals surface area contributed by atoms with Crippen LogP contribution in [0.15, 0.2) is 0 Å². The van der Waals surface area contributed by atoms with Crippen molar-refractivity contribution in [3.63, 3.8) is 0 Å².